The summed E-state index contributed by atoms with van der Waals surface area (Å²) in [4.78, 5) is 14.2. The van der Waals surface area contributed by atoms with E-state index in [1.54, 1.807) is 0 Å². The second-order valence-electron chi connectivity index (χ2n) is 6.29. The maximum absolute atomic E-state index is 12.1. The van der Waals surface area contributed by atoms with E-state index in [1.165, 1.54) is 0 Å². The number of hydrogen-bond donors (Lipinski definition) is 0. The minimum absolute atomic E-state index is 0.0715. The van der Waals surface area contributed by atoms with E-state index >= 15 is 0 Å². The zero-order valence-corrected chi connectivity index (χ0v) is 10.3. The summed E-state index contributed by atoms with van der Waals surface area (Å²) >= 11 is 0. The van der Waals surface area contributed by atoms with Crippen molar-refractivity contribution in [2.75, 3.05) is 0 Å². The van der Waals surface area contributed by atoms with Gasteiger partial charge in [-0.3, -0.25) is 4.79 Å². The first-order valence-corrected chi connectivity index (χ1v) is 5.48. The minimum Gasteiger partial charge on any atom is -0.333 e. The first kappa shape index (κ1) is 11.5. The zero-order chi connectivity index (χ0) is 11.1. The Balaban J connectivity index is 2.87. The minimum atomic E-state index is -0.0715. The standard InChI is InChI=1S/C12H23NO/c1-11(2,3)13(12(4,5)6)10(14)9-7-8-9/h9H,7-8H2,1-6H3. The lowest BCUT2D eigenvalue weighted by molar-refractivity contribution is -0.144. The molecule has 1 aliphatic rings. The normalized spacial score (nSPS) is 18.1. The molecule has 0 atom stereocenters. The van der Waals surface area contributed by atoms with E-state index in [9.17, 15) is 4.79 Å². The molecular weight excluding hydrogens is 174 g/mol. The van der Waals surface area contributed by atoms with Crippen molar-refractivity contribution in [3.05, 3.63) is 0 Å². The van der Waals surface area contributed by atoms with Crippen LogP contribution >= 0.6 is 0 Å². The number of amides is 1. The third-order valence-electron chi connectivity index (χ3n) is 2.49. The molecule has 2 heteroatoms. The Morgan fingerprint density at radius 2 is 1.36 bits per heavy atom. The molecule has 14 heavy (non-hydrogen) atoms. The fourth-order valence-electron chi connectivity index (χ4n) is 2.18. The van der Waals surface area contributed by atoms with Crippen LogP contribution in [0.15, 0.2) is 0 Å². The van der Waals surface area contributed by atoms with E-state index in [0.29, 0.717) is 11.8 Å². The molecule has 0 aromatic heterocycles. The van der Waals surface area contributed by atoms with Gasteiger partial charge in [-0.05, 0) is 54.4 Å². The van der Waals surface area contributed by atoms with Gasteiger partial charge in [-0.2, -0.15) is 0 Å². The predicted molar refractivity (Wildman–Crippen MR) is 59.1 cm³/mol. The summed E-state index contributed by atoms with van der Waals surface area (Å²) in [5.74, 6) is 0.651. The van der Waals surface area contributed by atoms with Crippen molar-refractivity contribution in [3.63, 3.8) is 0 Å². The number of carbonyl (C=O) groups is 1. The Labute approximate surface area is 87.7 Å². The maximum atomic E-state index is 12.1. The van der Waals surface area contributed by atoms with Gasteiger partial charge in [0, 0.05) is 17.0 Å². The fourth-order valence-corrected chi connectivity index (χ4v) is 2.18. The molecule has 1 amide bonds. The molecule has 0 aromatic carbocycles. The van der Waals surface area contributed by atoms with Crippen molar-refractivity contribution in [1.29, 1.82) is 0 Å². The number of hydrogen-bond acceptors (Lipinski definition) is 1. The number of nitrogens with zero attached hydrogens (tertiary/aromatic N) is 1. The van der Waals surface area contributed by atoms with E-state index in [2.05, 4.69) is 41.5 Å². The molecule has 82 valence electrons. The zero-order valence-electron chi connectivity index (χ0n) is 10.3. The highest BCUT2D eigenvalue weighted by atomic mass is 16.2. The molecule has 0 radical (unpaired) electrons. The second-order valence-corrected chi connectivity index (χ2v) is 6.29. The molecule has 0 aromatic rings. The molecule has 0 bridgehead atoms. The Morgan fingerprint density at radius 3 is 1.57 bits per heavy atom. The Morgan fingerprint density at radius 1 is 1.00 bits per heavy atom. The lowest BCUT2D eigenvalue weighted by Crippen LogP contribution is -2.56. The topological polar surface area (TPSA) is 20.3 Å². The van der Waals surface area contributed by atoms with E-state index in [1.807, 2.05) is 4.90 Å². The van der Waals surface area contributed by atoms with Crippen molar-refractivity contribution >= 4 is 5.91 Å². The van der Waals surface area contributed by atoms with Crippen LogP contribution in [-0.2, 0) is 4.79 Å². The molecule has 1 fully saturated rings. The summed E-state index contributed by atoms with van der Waals surface area (Å²) in [5.41, 5.74) is -0.143. The van der Waals surface area contributed by atoms with Gasteiger partial charge in [-0.25, -0.2) is 0 Å². The second kappa shape index (κ2) is 3.25. The van der Waals surface area contributed by atoms with Gasteiger partial charge in [0.25, 0.3) is 0 Å². The molecule has 0 aliphatic heterocycles. The van der Waals surface area contributed by atoms with Gasteiger partial charge in [-0.15, -0.1) is 0 Å². The molecule has 2 nitrogen and oxygen atoms in total. The van der Waals surface area contributed by atoms with Gasteiger partial charge >= 0.3 is 0 Å². The van der Waals surface area contributed by atoms with Gasteiger partial charge in [-0.1, -0.05) is 0 Å². The highest BCUT2D eigenvalue weighted by Crippen LogP contribution is 2.36. The third kappa shape index (κ3) is 2.49. The van der Waals surface area contributed by atoms with Crippen LogP contribution < -0.4 is 0 Å². The van der Waals surface area contributed by atoms with Crippen LogP contribution in [0.25, 0.3) is 0 Å². The van der Waals surface area contributed by atoms with Crippen LogP contribution in [-0.4, -0.2) is 21.9 Å². The van der Waals surface area contributed by atoms with Crippen LogP contribution in [0.1, 0.15) is 54.4 Å². The first-order chi connectivity index (χ1) is 6.14. The van der Waals surface area contributed by atoms with Crippen LogP contribution in [0, 0.1) is 5.92 Å². The average molecular weight is 197 g/mol. The van der Waals surface area contributed by atoms with Crippen molar-refractivity contribution in [2.24, 2.45) is 5.92 Å². The Hall–Kier alpha value is -0.530. The Bertz CT molecular complexity index is 214. The van der Waals surface area contributed by atoms with Crippen LogP contribution in [0.3, 0.4) is 0 Å². The molecular formula is C12H23NO. The molecule has 0 N–H and O–H groups in total. The fraction of sp³-hybridized carbons (Fsp3) is 0.917. The molecule has 0 saturated heterocycles. The van der Waals surface area contributed by atoms with Gasteiger partial charge in [0.1, 0.15) is 0 Å². The molecule has 0 unspecified atom stereocenters. The van der Waals surface area contributed by atoms with Crippen LogP contribution in [0.4, 0.5) is 0 Å². The number of rotatable bonds is 1. The highest BCUT2D eigenvalue weighted by Gasteiger charge is 2.42. The maximum Gasteiger partial charge on any atom is 0.226 e. The van der Waals surface area contributed by atoms with Gasteiger partial charge in [0.2, 0.25) is 5.91 Å². The largest absolute Gasteiger partial charge is 0.333 e. The summed E-state index contributed by atoms with van der Waals surface area (Å²) in [6.45, 7) is 12.7. The summed E-state index contributed by atoms with van der Waals surface area (Å²) in [7, 11) is 0. The van der Waals surface area contributed by atoms with Gasteiger partial charge < -0.3 is 4.90 Å². The molecule has 1 saturated carbocycles. The van der Waals surface area contributed by atoms with E-state index in [-0.39, 0.29) is 11.1 Å². The SMILES string of the molecule is CC(C)(C)N(C(=O)C1CC1)C(C)(C)C. The van der Waals surface area contributed by atoms with E-state index < -0.39 is 0 Å². The molecule has 0 spiro atoms. The van der Waals surface area contributed by atoms with E-state index in [4.69, 9.17) is 0 Å². The smallest absolute Gasteiger partial charge is 0.226 e. The third-order valence-corrected chi connectivity index (χ3v) is 2.49. The molecule has 1 rings (SSSR count). The van der Waals surface area contributed by atoms with Crippen LogP contribution in [0.2, 0.25) is 0 Å². The van der Waals surface area contributed by atoms with Crippen LogP contribution in [0.5, 0.6) is 0 Å². The average Bonchev–Trinajstić information content (AvgIpc) is 2.57. The van der Waals surface area contributed by atoms with Crippen molar-refractivity contribution in [1.82, 2.24) is 4.90 Å². The monoisotopic (exact) mass is 197 g/mol. The number of carbonyl (C=O) groups excluding carboxylic acids is 1. The van der Waals surface area contributed by atoms with Gasteiger partial charge in [0.05, 0.1) is 0 Å². The molecule has 1 aliphatic carbocycles. The molecule has 0 heterocycles. The first-order valence-electron chi connectivity index (χ1n) is 5.48. The lowest BCUT2D eigenvalue weighted by Gasteiger charge is -2.45. The van der Waals surface area contributed by atoms with Crippen molar-refractivity contribution < 1.29 is 4.79 Å². The Kier molecular flexibility index (Phi) is 2.68. The lowest BCUT2D eigenvalue weighted by atomic mass is 9.95. The quantitative estimate of drug-likeness (QED) is 0.633. The van der Waals surface area contributed by atoms with Crippen molar-refractivity contribution in [2.45, 2.75) is 65.5 Å². The van der Waals surface area contributed by atoms with Crippen molar-refractivity contribution in [3.8, 4) is 0 Å². The van der Waals surface area contributed by atoms with Gasteiger partial charge in [0.15, 0.2) is 0 Å². The summed E-state index contributed by atoms with van der Waals surface area (Å²) in [6, 6.07) is 0. The summed E-state index contributed by atoms with van der Waals surface area (Å²) in [6.07, 6.45) is 2.17. The summed E-state index contributed by atoms with van der Waals surface area (Å²) in [5, 5.41) is 0. The summed E-state index contributed by atoms with van der Waals surface area (Å²) < 4.78 is 0. The highest BCUT2D eigenvalue weighted by molar-refractivity contribution is 5.82. The predicted octanol–water partition coefficient (Wildman–Crippen LogP) is 2.82. The van der Waals surface area contributed by atoms with E-state index in [0.717, 1.165) is 12.8 Å².